The fraction of sp³-hybridized carbons (Fsp3) is 0.600. The summed E-state index contributed by atoms with van der Waals surface area (Å²) in [7, 11) is 0. The minimum atomic E-state index is 0. The fourth-order valence-corrected chi connectivity index (χ4v) is 0. The molecule has 1 radical (unpaired) electrons. The van der Waals surface area contributed by atoms with Crippen molar-refractivity contribution in [1.82, 2.24) is 0 Å². The largest absolute Gasteiger partial charge is 1.00 e. The van der Waals surface area contributed by atoms with Gasteiger partial charge in [0.05, 0.1) is 0 Å². The van der Waals surface area contributed by atoms with E-state index in [1.54, 1.807) is 0 Å². The van der Waals surface area contributed by atoms with Crippen LogP contribution in [-0.2, 0) is 27.7 Å². The van der Waals surface area contributed by atoms with Crippen molar-refractivity contribution in [3.8, 4) is 12.3 Å². The standard InChI is InChI=1S/C5H8.BrH.Hg/c1-4-5(2)3;;/h1,5H,2-3H3;1H;/q;;+1/p-1. The number of terminal acetylenes is 1. The summed E-state index contributed by atoms with van der Waals surface area (Å²) in [6.07, 6.45) is 4.92. The quantitative estimate of drug-likeness (QED) is 0.361. The second-order valence-electron chi connectivity index (χ2n) is 1.32. The third-order valence-electron chi connectivity index (χ3n) is 0.333. The zero-order valence-electron chi connectivity index (χ0n) is 4.74. The molecule has 0 rings (SSSR count). The van der Waals surface area contributed by atoms with Crippen LogP contribution in [0.1, 0.15) is 13.8 Å². The van der Waals surface area contributed by atoms with E-state index in [1.165, 1.54) is 0 Å². The smallest absolute Gasteiger partial charge is 1.00 e. The van der Waals surface area contributed by atoms with E-state index in [2.05, 4.69) is 5.92 Å². The van der Waals surface area contributed by atoms with Gasteiger partial charge in [-0.1, -0.05) is 13.8 Å². The Morgan fingerprint density at radius 3 is 1.57 bits per heavy atom. The van der Waals surface area contributed by atoms with Crippen molar-refractivity contribution in [2.45, 2.75) is 13.8 Å². The van der Waals surface area contributed by atoms with Gasteiger partial charge < -0.3 is 17.0 Å². The molecule has 0 unspecified atom stereocenters. The van der Waals surface area contributed by atoms with E-state index >= 15 is 0 Å². The predicted octanol–water partition coefficient (Wildman–Crippen LogP) is -1.72. The number of rotatable bonds is 0. The summed E-state index contributed by atoms with van der Waals surface area (Å²) in [5.74, 6) is 2.94. The van der Waals surface area contributed by atoms with Crippen molar-refractivity contribution in [3.63, 3.8) is 0 Å². The molecule has 0 aliphatic rings. The first kappa shape index (κ1) is 15.7. The number of hydrogen-bond acceptors (Lipinski definition) is 0. The van der Waals surface area contributed by atoms with E-state index in [0.717, 1.165) is 0 Å². The molecule has 0 aromatic rings. The Morgan fingerprint density at radius 1 is 1.43 bits per heavy atom. The maximum atomic E-state index is 4.92. The van der Waals surface area contributed by atoms with Crippen molar-refractivity contribution in [2.24, 2.45) is 5.92 Å². The molecule has 0 heterocycles. The monoisotopic (exact) mass is 349 g/mol. The van der Waals surface area contributed by atoms with E-state index in [-0.39, 0.29) is 44.7 Å². The van der Waals surface area contributed by atoms with Gasteiger partial charge >= 0.3 is 27.7 Å². The van der Waals surface area contributed by atoms with Crippen LogP contribution >= 0.6 is 0 Å². The zero-order valence-corrected chi connectivity index (χ0v) is 11.8. The topological polar surface area (TPSA) is 0 Å². The predicted molar refractivity (Wildman–Crippen MR) is 23.7 cm³/mol. The minimum absolute atomic E-state index is 0. The van der Waals surface area contributed by atoms with Gasteiger partial charge in [0.2, 0.25) is 0 Å². The van der Waals surface area contributed by atoms with E-state index in [4.69, 9.17) is 6.42 Å². The molecule has 0 spiro atoms. The Bertz CT molecular complexity index is 53.6. The van der Waals surface area contributed by atoms with Gasteiger partial charge in [-0.25, -0.2) is 0 Å². The van der Waals surface area contributed by atoms with Gasteiger partial charge in [-0.15, -0.1) is 12.3 Å². The normalized spacial score (nSPS) is 5.43. The van der Waals surface area contributed by atoms with Crippen molar-refractivity contribution in [1.29, 1.82) is 0 Å². The molecule has 0 N–H and O–H groups in total. The van der Waals surface area contributed by atoms with Crippen LogP contribution in [0.4, 0.5) is 0 Å². The molecule has 0 saturated heterocycles. The van der Waals surface area contributed by atoms with Crippen LogP contribution in [0, 0.1) is 18.3 Å². The molecule has 7 heavy (non-hydrogen) atoms. The van der Waals surface area contributed by atoms with E-state index in [1.807, 2.05) is 13.8 Å². The third-order valence-corrected chi connectivity index (χ3v) is 0.333. The maximum absolute atomic E-state index is 4.92. The molecule has 0 bridgehead atoms. The second-order valence-corrected chi connectivity index (χ2v) is 1.32. The molecular formula is C5H8BrHg. The van der Waals surface area contributed by atoms with Crippen molar-refractivity contribution in [2.75, 3.05) is 0 Å². The first-order valence-electron chi connectivity index (χ1n) is 1.73. The molecule has 0 fully saturated rings. The zero-order chi connectivity index (χ0) is 4.28. The van der Waals surface area contributed by atoms with Gasteiger partial charge in [0.1, 0.15) is 0 Å². The average Bonchev–Trinajstić information content (AvgIpc) is 1.38. The Hall–Kier alpha value is 0.975. The van der Waals surface area contributed by atoms with Crippen molar-refractivity contribution in [3.05, 3.63) is 0 Å². The molecule has 0 saturated carbocycles. The molecule has 0 atom stereocenters. The Kier molecular flexibility index (Phi) is 22.5. The summed E-state index contributed by atoms with van der Waals surface area (Å²) < 4.78 is 0. The van der Waals surface area contributed by atoms with Gasteiger partial charge in [-0.05, 0) is 0 Å². The van der Waals surface area contributed by atoms with Crippen LogP contribution < -0.4 is 17.0 Å². The van der Waals surface area contributed by atoms with Crippen LogP contribution in [0.2, 0.25) is 0 Å². The Morgan fingerprint density at radius 2 is 1.57 bits per heavy atom. The average molecular weight is 349 g/mol. The molecular weight excluding hydrogens is 341 g/mol. The molecule has 0 amide bonds. The molecule has 0 aliphatic carbocycles. The minimum Gasteiger partial charge on any atom is -1.00 e. The first-order chi connectivity index (χ1) is 2.27. The van der Waals surface area contributed by atoms with E-state index in [0.29, 0.717) is 5.92 Å². The molecule has 0 aromatic heterocycles. The van der Waals surface area contributed by atoms with Crippen molar-refractivity contribution < 1.29 is 44.7 Å². The van der Waals surface area contributed by atoms with E-state index in [9.17, 15) is 0 Å². The van der Waals surface area contributed by atoms with E-state index < -0.39 is 0 Å². The number of hydrogen-bond donors (Lipinski definition) is 0. The summed E-state index contributed by atoms with van der Waals surface area (Å²) in [5.41, 5.74) is 0. The Labute approximate surface area is 76.3 Å². The van der Waals surface area contributed by atoms with Gasteiger partial charge in [-0.3, -0.25) is 0 Å². The van der Waals surface area contributed by atoms with Crippen LogP contribution in [0.3, 0.4) is 0 Å². The van der Waals surface area contributed by atoms with Crippen LogP contribution in [0.5, 0.6) is 0 Å². The fourth-order valence-electron chi connectivity index (χ4n) is 0. The maximum Gasteiger partial charge on any atom is 1.00 e. The third kappa shape index (κ3) is 19.5. The van der Waals surface area contributed by atoms with Gasteiger partial charge in [0.25, 0.3) is 0 Å². The summed E-state index contributed by atoms with van der Waals surface area (Å²) >= 11 is 0. The summed E-state index contributed by atoms with van der Waals surface area (Å²) in [6, 6.07) is 0. The summed E-state index contributed by atoms with van der Waals surface area (Å²) in [6.45, 7) is 3.97. The van der Waals surface area contributed by atoms with Gasteiger partial charge in [0.15, 0.2) is 0 Å². The first-order valence-corrected chi connectivity index (χ1v) is 1.73. The molecule has 2 heteroatoms. The summed E-state index contributed by atoms with van der Waals surface area (Å²) in [5, 5.41) is 0. The molecule has 37 valence electrons. The molecule has 0 aliphatic heterocycles. The summed E-state index contributed by atoms with van der Waals surface area (Å²) in [4.78, 5) is 0. The Balaban J connectivity index is -0.0000000800. The second kappa shape index (κ2) is 10.1. The van der Waals surface area contributed by atoms with Crippen LogP contribution in [0.15, 0.2) is 0 Å². The SMILES string of the molecule is C#CC(C)C.[Br-].[Hg+]. The van der Waals surface area contributed by atoms with Crippen LogP contribution in [-0.4, -0.2) is 0 Å². The van der Waals surface area contributed by atoms with Crippen molar-refractivity contribution >= 4 is 0 Å². The number of halogens is 1. The molecule has 0 aromatic carbocycles. The molecule has 0 nitrogen and oxygen atoms in total. The van der Waals surface area contributed by atoms with Crippen LogP contribution in [0.25, 0.3) is 0 Å². The van der Waals surface area contributed by atoms with Gasteiger partial charge in [-0.2, -0.15) is 0 Å². The van der Waals surface area contributed by atoms with Gasteiger partial charge in [0, 0.05) is 5.92 Å².